The van der Waals surface area contributed by atoms with Gasteiger partial charge in [-0.2, -0.15) is 0 Å². The van der Waals surface area contributed by atoms with Crippen LogP contribution in [0.3, 0.4) is 0 Å². The molecule has 12 heavy (non-hydrogen) atoms. The highest BCUT2D eigenvalue weighted by atomic mass is 79.9. The van der Waals surface area contributed by atoms with Gasteiger partial charge in [0.15, 0.2) is 0 Å². The van der Waals surface area contributed by atoms with E-state index >= 15 is 0 Å². The van der Waals surface area contributed by atoms with Crippen molar-refractivity contribution >= 4 is 15.9 Å². The monoisotopic (exact) mass is 235 g/mol. The Balaban J connectivity index is 3.39. The van der Waals surface area contributed by atoms with Gasteiger partial charge in [-0.25, -0.2) is 0 Å². The average molecular weight is 236 g/mol. The van der Waals surface area contributed by atoms with Gasteiger partial charge in [0.2, 0.25) is 0 Å². The van der Waals surface area contributed by atoms with E-state index in [2.05, 4.69) is 29.8 Å². The minimum absolute atomic E-state index is 0.712. The van der Waals surface area contributed by atoms with Gasteiger partial charge in [0.05, 0.1) is 6.10 Å². The lowest BCUT2D eigenvalue weighted by Crippen LogP contribution is -2.04. The summed E-state index contributed by atoms with van der Waals surface area (Å²) in [4.78, 5) is 0. The molecule has 0 aliphatic rings. The molecule has 0 aromatic heterocycles. The van der Waals surface area contributed by atoms with Gasteiger partial charge in [0, 0.05) is 12.4 Å². The zero-order chi connectivity index (χ0) is 9.40. The van der Waals surface area contributed by atoms with E-state index in [1.165, 1.54) is 18.9 Å². The Labute approximate surface area is 85.0 Å². The van der Waals surface area contributed by atoms with E-state index in [4.69, 9.17) is 4.74 Å². The second kappa shape index (κ2) is 8.06. The average Bonchev–Trinajstić information content (AvgIpc) is 2.02. The molecule has 0 saturated heterocycles. The van der Waals surface area contributed by atoms with Crippen molar-refractivity contribution in [3.63, 3.8) is 0 Å². The molecule has 73 valence electrons. The Hall–Kier alpha value is 0.440. The first-order chi connectivity index (χ1) is 5.70. The lowest BCUT2D eigenvalue weighted by Gasteiger charge is -2.15. The Morgan fingerprint density at radius 1 is 1.33 bits per heavy atom. The normalized spacial score (nSPS) is 11.5. The lowest BCUT2D eigenvalue weighted by molar-refractivity contribution is 0.171. The largest absolute Gasteiger partial charge is 0.375 e. The molecule has 0 aromatic carbocycles. The van der Waals surface area contributed by atoms with Crippen molar-refractivity contribution < 1.29 is 4.74 Å². The molecule has 0 saturated carbocycles. The summed E-state index contributed by atoms with van der Waals surface area (Å²) in [6.07, 6.45) is 5.97. The molecule has 0 aliphatic heterocycles. The summed E-state index contributed by atoms with van der Waals surface area (Å²) in [6.45, 7) is 4.45. The van der Waals surface area contributed by atoms with Crippen LogP contribution in [0.1, 0.15) is 39.5 Å². The van der Waals surface area contributed by atoms with E-state index in [0.717, 1.165) is 18.2 Å². The van der Waals surface area contributed by atoms with Crippen molar-refractivity contribution in [3.05, 3.63) is 6.10 Å². The van der Waals surface area contributed by atoms with Crippen LogP contribution in [0.5, 0.6) is 0 Å². The van der Waals surface area contributed by atoms with Crippen LogP contribution < -0.4 is 0 Å². The molecule has 0 heterocycles. The smallest absolute Gasteiger partial charge is 0.0969 e. The maximum atomic E-state index is 5.31. The molecule has 0 fully saturated rings. The van der Waals surface area contributed by atoms with Gasteiger partial charge in [-0.05, 0) is 31.6 Å². The highest BCUT2D eigenvalue weighted by Crippen LogP contribution is 2.20. The Kier molecular flexibility index (Phi) is 8.35. The number of methoxy groups -OCH3 is 1. The van der Waals surface area contributed by atoms with Crippen LogP contribution in [-0.4, -0.2) is 12.4 Å². The fraction of sp³-hybridized carbons (Fsp3) is 0.900. The summed E-state index contributed by atoms with van der Waals surface area (Å²) in [5, 5.41) is 1.10. The van der Waals surface area contributed by atoms with Crippen molar-refractivity contribution in [2.75, 3.05) is 12.4 Å². The number of hydrogen-bond acceptors (Lipinski definition) is 1. The molecule has 0 N–H and O–H groups in total. The second-order valence-corrected chi connectivity index (χ2v) is 4.28. The van der Waals surface area contributed by atoms with E-state index in [1.54, 1.807) is 7.11 Å². The molecule has 0 bridgehead atoms. The van der Waals surface area contributed by atoms with Crippen molar-refractivity contribution in [2.45, 2.75) is 39.5 Å². The topological polar surface area (TPSA) is 9.23 Å². The van der Waals surface area contributed by atoms with Crippen molar-refractivity contribution in [2.24, 2.45) is 5.92 Å². The quantitative estimate of drug-likeness (QED) is 0.483. The Morgan fingerprint density at radius 3 is 2.42 bits per heavy atom. The van der Waals surface area contributed by atoms with E-state index in [0.29, 0.717) is 5.92 Å². The van der Waals surface area contributed by atoms with Gasteiger partial charge in [0.1, 0.15) is 0 Å². The first kappa shape index (κ1) is 12.4. The summed E-state index contributed by atoms with van der Waals surface area (Å²) in [6, 6.07) is 0. The van der Waals surface area contributed by atoms with Gasteiger partial charge >= 0.3 is 0 Å². The zero-order valence-corrected chi connectivity index (χ0v) is 9.99. The maximum Gasteiger partial charge on any atom is 0.0969 e. The standard InChI is InChI=1S/C10H20BrO/c1-9(2)8-10(12-3)6-4-5-7-11/h9H,4-8H2,1-3H3. The number of rotatable bonds is 7. The predicted octanol–water partition coefficient (Wildman–Crippen LogP) is 3.78. The van der Waals surface area contributed by atoms with Crippen LogP contribution >= 0.6 is 15.9 Å². The van der Waals surface area contributed by atoms with Gasteiger partial charge in [-0.1, -0.05) is 29.8 Å². The maximum absolute atomic E-state index is 5.31. The molecule has 1 nitrogen and oxygen atoms in total. The molecule has 0 atom stereocenters. The van der Waals surface area contributed by atoms with E-state index in [-0.39, 0.29) is 0 Å². The van der Waals surface area contributed by atoms with Gasteiger partial charge < -0.3 is 4.74 Å². The molecular formula is C10H20BrO. The molecule has 0 aromatic rings. The third kappa shape index (κ3) is 7.11. The number of halogens is 1. The molecule has 0 spiro atoms. The van der Waals surface area contributed by atoms with Gasteiger partial charge in [-0.15, -0.1) is 0 Å². The number of ether oxygens (including phenoxy) is 1. The van der Waals surface area contributed by atoms with Crippen LogP contribution in [-0.2, 0) is 4.74 Å². The third-order valence-corrected chi connectivity index (χ3v) is 2.32. The number of unbranched alkanes of at least 4 members (excludes halogenated alkanes) is 1. The number of hydrogen-bond donors (Lipinski definition) is 0. The SMILES string of the molecule is CO[C](CCCCBr)CC(C)C. The van der Waals surface area contributed by atoms with E-state index < -0.39 is 0 Å². The third-order valence-electron chi connectivity index (χ3n) is 1.76. The highest BCUT2D eigenvalue weighted by Gasteiger charge is 2.09. The molecular weight excluding hydrogens is 216 g/mol. The van der Waals surface area contributed by atoms with Crippen molar-refractivity contribution in [3.8, 4) is 0 Å². The van der Waals surface area contributed by atoms with Crippen molar-refractivity contribution in [1.82, 2.24) is 0 Å². The first-order valence-electron chi connectivity index (χ1n) is 4.65. The molecule has 1 radical (unpaired) electrons. The van der Waals surface area contributed by atoms with Crippen LogP contribution in [0.15, 0.2) is 0 Å². The minimum Gasteiger partial charge on any atom is -0.375 e. The molecule has 2 heteroatoms. The summed E-state index contributed by atoms with van der Waals surface area (Å²) in [5.74, 6) is 0.712. The second-order valence-electron chi connectivity index (χ2n) is 3.49. The van der Waals surface area contributed by atoms with E-state index in [1.807, 2.05) is 0 Å². The summed E-state index contributed by atoms with van der Waals surface area (Å²) in [7, 11) is 1.78. The van der Waals surface area contributed by atoms with Gasteiger partial charge in [-0.3, -0.25) is 0 Å². The van der Waals surface area contributed by atoms with Gasteiger partial charge in [0.25, 0.3) is 0 Å². The van der Waals surface area contributed by atoms with Crippen LogP contribution in [0.2, 0.25) is 0 Å². The summed E-state index contributed by atoms with van der Waals surface area (Å²) < 4.78 is 5.31. The lowest BCUT2D eigenvalue weighted by atomic mass is 10.0. The van der Waals surface area contributed by atoms with E-state index in [9.17, 15) is 0 Å². The van der Waals surface area contributed by atoms with Crippen molar-refractivity contribution in [1.29, 1.82) is 0 Å². The molecule has 0 rings (SSSR count). The fourth-order valence-corrected chi connectivity index (χ4v) is 1.56. The first-order valence-corrected chi connectivity index (χ1v) is 5.77. The fourth-order valence-electron chi connectivity index (χ4n) is 1.16. The van der Waals surface area contributed by atoms with Crippen LogP contribution in [0, 0.1) is 12.0 Å². The summed E-state index contributed by atoms with van der Waals surface area (Å²) >= 11 is 3.42. The van der Waals surface area contributed by atoms with Crippen LogP contribution in [0.4, 0.5) is 0 Å². The Morgan fingerprint density at radius 2 is 2.00 bits per heavy atom. The Bertz CT molecular complexity index is 93.8. The summed E-state index contributed by atoms with van der Waals surface area (Å²) in [5.41, 5.74) is 0. The molecule has 0 aliphatic carbocycles. The predicted molar refractivity (Wildman–Crippen MR) is 57.4 cm³/mol. The zero-order valence-electron chi connectivity index (χ0n) is 8.40. The number of alkyl halides is 1. The van der Waals surface area contributed by atoms with Crippen LogP contribution in [0.25, 0.3) is 0 Å². The highest BCUT2D eigenvalue weighted by molar-refractivity contribution is 9.09. The molecule has 0 unspecified atom stereocenters. The minimum atomic E-state index is 0.712. The molecule has 0 amide bonds.